The van der Waals surface area contributed by atoms with Gasteiger partial charge in [-0.1, -0.05) is 5.21 Å². The third-order valence-corrected chi connectivity index (χ3v) is 1.38. The molecule has 3 N–H and O–H groups in total. The number of carbonyl (C=O) groups is 2. The van der Waals surface area contributed by atoms with Crippen molar-refractivity contribution >= 4 is 11.9 Å². The van der Waals surface area contributed by atoms with Crippen molar-refractivity contribution in [3.8, 4) is 0 Å². The average Bonchev–Trinajstić information content (AvgIpc) is 2.50. The standard InChI is InChI=1S/C7H10N4O4/c8-6(12)4-15-3-5-1-11(10-9-5)2-7(13)14/h1H,2-4H2,(H2,8,12)(H,13,14). The average molecular weight is 214 g/mol. The molecule has 8 heteroatoms. The van der Waals surface area contributed by atoms with Crippen molar-refractivity contribution in [2.75, 3.05) is 6.61 Å². The maximum Gasteiger partial charge on any atom is 0.325 e. The van der Waals surface area contributed by atoms with Crippen LogP contribution in [0.15, 0.2) is 6.20 Å². The number of hydrogen-bond acceptors (Lipinski definition) is 5. The number of amides is 1. The Bertz CT molecular complexity index is 362. The highest BCUT2D eigenvalue weighted by Crippen LogP contribution is 1.95. The van der Waals surface area contributed by atoms with Crippen LogP contribution in [0.2, 0.25) is 0 Å². The summed E-state index contributed by atoms with van der Waals surface area (Å²) < 4.78 is 6.02. The van der Waals surface area contributed by atoms with Gasteiger partial charge in [0.2, 0.25) is 5.91 Å². The Labute approximate surface area is 84.6 Å². The molecule has 0 spiro atoms. The molecule has 0 saturated carbocycles. The number of nitrogens with two attached hydrogens (primary N) is 1. The van der Waals surface area contributed by atoms with Gasteiger partial charge in [0, 0.05) is 0 Å². The lowest BCUT2D eigenvalue weighted by Crippen LogP contribution is -2.17. The first-order valence-corrected chi connectivity index (χ1v) is 4.05. The minimum atomic E-state index is -1.01. The molecule has 0 atom stereocenters. The molecule has 0 aliphatic rings. The van der Waals surface area contributed by atoms with Crippen LogP contribution in [0.5, 0.6) is 0 Å². The topological polar surface area (TPSA) is 120 Å². The molecule has 0 fully saturated rings. The molecule has 0 bridgehead atoms. The van der Waals surface area contributed by atoms with Gasteiger partial charge in [-0.2, -0.15) is 0 Å². The van der Waals surface area contributed by atoms with Gasteiger partial charge in [0.25, 0.3) is 0 Å². The fraction of sp³-hybridized carbons (Fsp3) is 0.429. The van der Waals surface area contributed by atoms with E-state index >= 15 is 0 Å². The van der Waals surface area contributed by atoms with E-state index < -0.39 is 11.9 Å². The van der Waals surface area contributed by atoms with E-state index in [0.717, 1.165) is 4.68 Å². The largest absolute Gasteiger partial charge is 0.480 e. The van der Waals surface area contributed by atoms with Crippen molar-refractivity contribution in [2.45, 2.75) is 13.2 Å². The van der Waals surface area contributed by atoms with Crippen LogP contribution < -0.4 is 5.73 Å². The zero-order chi connectivity index (χ0) is 11.3. The van der Waals surface area contributed by atoms with Crippen molar-refractivity contribution in [3.05, 3.63) is 11.9 Å². The van der Waals surface area contributed by atoms with Gasteiger partial charge in [0.15, 0.2) is 0 Å². The van der Waals surface area contributed by atoms with Crippen LogP contribution in [-0.2, 0) is 27.5 Å². The molecule has 0 radical (unpaired) electrons. The number of aromatic nitrogens is 3. The zero-order valence-electron chi connectivity index (χ0n) is 7.79. The quantitative estimate of drug-likeness (QED) is 0.586. The minimum absolute atomic E-state index is 0.0720. The van der Waals surface area contributed by atoms with Gasteiger partial charge in [-0.3, -0.25) is 9.59 Å². The Hall–Kier alpha value is -1.96. The Kier molecular flexibility index (Phi) is 3.75. The Morgan fingerprint density at radius 1 is 1.60 bits per heavy atom. The molecule has 0 unspecified atom stereocenters. The van der Waals surface area contributed by atoms with Crippen molar-refractivity contribution in [1.82, 2.24) is 15.0 Å². The number of primary amides is 1. The van der Waals surface area contributed by atoms with E-state index in [0.29, 0.717) is 5.69 Å². The number of ether oxygens (including phenoxy) is 1. The summed E-state index contributed by atoms with van der Waals surface area (Å²) in [5.74, 6) is -1.59. The van der Waals surface area contributed by atoms with Gasteiger partial charge in [-0.25, -0.2) is 4.68 Å². The summed E-state index contributed by atoms with van der Waals surface area (Å²) in [6.45, 7) is -0.392. The van der Waals surface area contributed by atoms with Crippen molar-refractivity contribution in [3.63, 3.8) is 0 Å². The second kappa shape index (κ2) is 5.05. The molecule has 1 amide bonds. The van der Waals surface area contributed by atoms with Crippen molar-refractivity contribution in [1.29, 1.82) is 0 Å². The van der Waals surface area contributed by atoms with Gasteiger partial charge in [-0.05, 0) is 0 Å². The van der Waals surface area contributed by atoms with Crippen molar-refractivity contribution < 1.29 is 19.4 Å². The van der Waals surface area contributed by atoms with Crippen LogP contribution in [-0.4, -0.2) is 38.6 Å². The minimum Gasteiger partial charge on any atom is -0.480 e. The predicted octanol–water partition coefficient (Wildman–Crippen LogP) is -1.64. The molecule has 0 aliphatic carbocycles. The van der Waals surface area contributed by atoms with Gasteiger partial charge in [0.05, 0.1) is 12.8 Å². The Morgan fingerprint density at radius 3 is 2.93 bits per heavy atom. The van der Waals surface area contributed by atoms with Crippen LogP contribution in [0.25, 0.3) is 0 Å². The predicted molar refractivity (Wildman–Crippen MR) is 46.5 cm³/mol. The van der Waals surface area contributed by atoms with Crippen LogP contribution in [0.4, 0.5) is 0 Å². The molecule has 15 heavy (non-hydrogen) atoms. The maximum atomic E-state index is 10.3. The number of carbonyl (C=O) groups excluding carboxylic acids is 1. The molecule has 82 valence electrons. The van der Waals surface area contributed by atoms with E-state index in [2.05, 4.69) is 10.3 Å². The fourth-order valence-corrected chi connectivity index (χ4v) is 0.877. The third-order valence-electron chi connectivity index (χ3n) is 1.38. The van der Waals surface area contributed by atoms with Gasteiger partial charge in [0.1, 0.15) is 18.8 Å². The molecular weight excluding hydrogens is 204 g/mol. The van der Waals surface area contributed by atoms with E-state index in [1.54, 1.807) is 0 Å². The molecule has 8 nitrogen and oxygen atoms in total. The highest BCUT2D eigenvalue weighted by molar-refractivity contribution is 5.74. The number of aliphatic carboxylic acids is 1. The van der Waals surface area contributed by atoms with Crippen LogP contribution >= 0.6 is 0 Å². The number of rotatable bonds is 6. The highest BCUT2D eigenvalue weighted by Gasteiger charge is 2.04. The molecule has 0 saturated heterocycles. The summed E-state index contributed by atoms with van der Waals surface area (Å²) in [4.78, 5) is 20.6. The summed E-state index contributed by atoms with van der Waals surface area (Å²) >= 11 is 0. The summed E-state index contributed by atoms with van der Waals surface area (Å²) in [6.07, 6.45) is 1.43. The van der Waals surface area contributed by atoms with E-state index in [1.165, 1.54) is 6.20 Å². The highest BCUT2D eigenvalue weighted by atomic mass is 16.5. The Morgan fingerprint density at radius 2 is 2.33 bits per heavy atom. The number of carboxylic acid groups (broad SMARTS) is 1. The molecule has 1 heterocycles. The van der Waals surface area contributed by atoms with E-state index in [-0.39, 0.29) is 19.8 Å². The van der Waals surface area contributed by atoms with Gasteiger partial charge < -0.3 is 15.6 Å². The zero-order valence-corrected chi connectivity index (χ0v) is 7.79. The molecule has 1 aromatic rings. The first-order chi connectivity index (χ1) is 7.08. The molecule has 0 aliphatic heterocycles. The number of carboxylic acids is 1. The summed E-state index contributed by atoms with van der Waals surface area (Å²) in [6, 6.07) is 0. The summed E-state index contributed by atoms with van der Waals surface area (Å²) in [5, 5.41) is 15.6. The monoisotopic (exact) mass is 214 g/mol. The smallest absolute Gasteiger partial charge is 0.325 e. The number of hydrogen-bond donors (Lipinski definition) is 2. The summed E-state index contributed by atoms with van der Waals surface area (Å²) in [5.41, 5.74) is 5.29. The van der Waals surface area contributed by atoms with E-state index in [4.69, 9.17) is 15.6 Å². The van der Waals surface area contributed by atoms with Gasteiger partial charge in [-0.15, -0.1) is 5.10 Å². The molecule has 0 aromatic carbocycles. The van der Waals surface area contributed by atoms with E-state index in [9.17, 15) is 9.59 Å². The van der Waals surface area contributed by atoms with Crippen molar-refractivity contribution in [2.24, 2.45) is 5.73 Å². The normalized spacial score (nSPS) is 10.1. The lowest BCUT2D eigenvalue weighted by atomic mass is 10.5. The van der Waals surface area contributed by atoms with Crippen LogP contribution in [0, 0.1) is 0 Å². The third kappa shape index (κ3) is 4.18. The summed E-state index contributed by atoms with van der Waals surface area (Å²) in [7, 11) is 0. The SMILES string of the molecule is NC(=O)COCc1cn(CC(=O)O)nn1. The lowest BCUT2D eigenvalue weighted by Gasteiger charge is -1.96. The maximum absolute atomic E-state index is 10.3. The fourth-order valence-electron chi connectivity index (χ4n) is 0.877. The van der Waals surface area contributed by atoms with Crippen LogP contribution in [0.1, 0.15) is 5.69 Å². The molecular formula is C7H10N4O4. The Balaban J connectivity index is 2.39. The van der Waals surface area contributed by atoms with Crippen LogP contribution in [0.3, 0.4) is 0 Å². The first-order valence-electron chi connectivity index (χ1n) is 4.05. The number of nitrogens with zero attached hydrogens (tertiary/aromatic N) is 3. The molecule has 1 aromatic heterocycles. The lowest BCUT2D eigenvalue weighted by molar-refractivity contribution is -0.137. The second-order valence-electron chi connectivity index (χ2n) is 2.76. The first kappa shape index (κ1) is 11.1. The van der Waals surface area contributed by atoms with Gasteiger partial charge >= 0.3 is 5.97 Å². The second-order valence-corrected chi connectivity index (χ2v) is 2.76. The van der Waals surface area contributed by atoms with E-state index in [1.807, 2.05) is 0 Å². The molecule has 1 rings (SSSR count).